The van der Waals surface area contributed by atoms with Gasteiger partial charge in [0.15, 0.2) is 0 Å². The van der Waals surface area contributed by atoms with E-state index in [1.807, 2.05) is 0 Å². The van der Waals surface area contributed by atoms with Crippen LogP contribution in [-0.2, 0) is 20.7 Å². The molecule has 1 atom stereocenters. The van der Waals surface area contributed by atoms with Gasteiger partial charge in [-0.15, -0.1) is 0 Å². The highest BCUT2D eigenvalue weighted by Crippen LogP contribution is 2.00. The van der Waals surface area contributed by atoms with Crippen LogP contribution in [0.4, 0.5) is 4.79 Å². The maximum Gasteiger partial charge on any atom is 0.326 e. The van der Waals surface area contributed by atoms with Crippen LogP contribution in [0.1, 0.15) is 12.1 Å². The molecule has 1 rings (SSSR count). The number of aromatic nitrogens is 2. The molecule has 0 bridgehead atoms. The van der Waals surface area contributed by atoms with E-state index in [-0.39, 0.29) is 19.4 Å². The summed E-state index contributed by atoms with van der Waals surface area (Å²) in [6.07, 6.45) is 3.05. The average molecular weight is 298 g/mol. The molecule has 1 aromatic rings. The lowest BCUT2D eigenvalue weighted by Crippen LogP contribution is -2.48. The van der Waals surface area contributed by atoms with Gasteiger partial charge in [0, 0.05) is 31.9 Å². The molecule has 0 fully saturated rings. The summed E-state index contributed by atoms with van der Waals surface area (Å²) in [4.78, 5) is 41.8. The van der Waals surface area contributed by atoms with Gasteiger partial charge in [0.2, 0.25) is 0 Å². The van der Waals surface area contributed by atoms with Crippen molar-refractivity contribution in [1.29, 1.82) is 0 Å². The van der Waals surface area contributed by atoms with Crippen molar-refractivity contribution < 1.29 is 24.2 Å². The number of amides is 2. The number of aromatic amines is 1. The Kier molecular flexibility index (Phi) is 6.18. The number of carboxylic acid groups (broad SMARTS) is 1. The van der Waals surface area contributed by atoms with Crippen LogP contribution >= 0.6 is 0 Å². The van der Waals surface area contributed by atoms with Crippen LogP contribution in [0.15, 0.2) is 12.5 Å². The third-order valence-electron chi connectivity index (χ3n) is 2.80. The number of imidazole rings is 1. The topological polar surface area (TPSA) is 125 Å². The minimum atomic E-state index is -1.15. The molecule has 116 valence electrons. The van der Waals surface area contributed by atoms with Crippen LogP contribution in [0, 0.1) is 0 Å². The summed E-state index contributed by atoms with van der Waals surface area (Å²) in [5.41, 5.74) is 0.597. The molecule has 9 heteroatoms. The summed E-state index contributed by atoms with van der Waals surface area (Å²) >= 11 is 0. The third-order valence-corrected chi connectivity index (χ3v) is 2.80. The van der Waals surface area contributed by atoms with Gasteiger partial charge in [-0.05, 0) is 0 Å². The van der Waals surface area contributed by atoms with Gasteiger partial charge in [-0.25, -0.2) is 14.6 Å². The van der Waals surface area contributed by atoms with Crippen molar-refractivity contribution in [3.63, 3.8) is 0 Å². The van der Waals surface area contributed by atoms with E-state index < -0.39 is 24.0 Å². The van der Waals surface area contributed by atoms with E-state index in [1.165, 1.54) is 31.6 Å². The second kappa shape index (κ2) is 7.88. The van der Waals surface area contributed by atoms with Crippen molar-refractivity contribution in [3.05, 3.63) is 18.2 Å². The number of hydrogen-bond acceptors (Lipinski definition) is 5. The molecule has 2 amide bonds. The molecular formula is C12H18N4O5. The van der Waals surface area contributed by atoms with Crippen LogP contribution in [0.25, 0.3) is 0 Å². The van der Waals surface area contributed by atoms with E-state index >= 15 is 0 Å². The Morgan fingerprint density at radius 3 is 2.76 bits per heavy atom. The molecule has 0 aromatic carbocycles. The molecule has 1 heterocycles. The van der Waals surface area contributed by atoms with Crippen LogP contribution < -0.4 is 5.32 Å². The zero-order valence-corrected chi connectivity index (χ0v) is 11.8. The highest BCUT2D eigenvalue weighted by Gasteiger charge is 2.22. The molecule has 0 aliphatic carbocycles. The molecule has 0 spiro atoms. The second-order valence-electron chi connectivity index (χ2n) is 4.37. The van der Waals surface area contributed by atoms with Gasteiger partial charge < -0.3 is 25.0 Å². The van der Waals surface area contributed by atoms with Gasteiger partial charge in [-0.3, -0.25) is 4.79 Å². The number of methoxy groups -OCH3 is 1. The van der Waals surface area contributed by atoms with Crippen molar-refractivity contribution in [2.24, 2.45) is 0 Å². The Bertz CT molecular complexity index is 488. The first-order valence-corrected chi connectivity index (χ1v) is 6.22. The molecule has 3 N–H and O–H groups in total. The summed E-state index contributed by atoms with van der Waals surface area (Å²) < 4.78 is 4.47. The van der Waals surface area contributed by atoms with Crippen molar-refractivity contribution in [3.8, 4) is 0 Å². The van der Waals surface area contributed by atoms with Gasteiger partial charge >= 0.3 is 18.0 Å². The molecular weight excluding hydrogens is 280 g/mol. The van der Waals surface area contributed by atoms with Gasteiger partial charge in [0.25, 0.3) is 0 Å². The maximum atomic E-state index is 11.9. The SMILES string of the molecule is COC(=O)CCN(C)C(=O)N[C@H](Cc1cnc[nH]1)C(=O)O. The lowest BCUT2D eigenvalue weighted by atomic mass is 10.1. The number of urea groups is 1. The predicted octanol–water partition coefficient (Wildman–Crippen LogP) is -0.390. The largest absolute Gasteiger partial charge is 0.480 e. The molecule has 0 saturated carbocycles. The number of hydrogen-bond donors (Lipinski definition) is 3. The Balaban J connectivity index is 2.52. The number of nitrogens with one attached hydrogen (secondary N) is 2. The number of carbonyl (C=O) groups is 3. The van der Waals surface area contributed by atoms with E-state index in [2.05, 4.69) is 20.0 Å². The normalized spacial score (nSPS) is 11.5. The summed E-state index contributed by atoms with van der Waals surface area (Å²) in [7, 11) is 2.72. The number of carboxylic acids is 1. The number of nitrogens with zero attached hydrogens (tertiary/aromatic N) is 2. The molecule has 0 saturated heterocycles. The van der Waals surface area contributed by atoms with Gasteiger partial charge in [0.05, 0.1) is 19.9 Å². The van der Waals surface area contributed by atoms with E-state index in [0.29, 0.717) is 5.69 Å². The number of aliphatic carboxylic acids is 1. The molecule has 1 aromatic heterocycles. The van der Waals surface area contributed by atoms with Crippen LogP contribution in [0.5, 0.6) is 0 Å². The van der Waals surface area contributed by atoms with Crippen LogP contribution in [0.3, 0.4) is 0 Å². The number of ether oxygens (including phenoxy) is 1. The van der Waals surface area contributed by atoms with E-state index in [9.17, 15) is 14.4 Å². The Labute approximate surface area is 121 Å². The van der Waals surface area contributed by atoms with E-state index in [1.54, 1.807) is 0 Å². The standard InChI is InChI=1S/C12H18N4O5/c1-16(4-3-10(17)21-2)12(20)15-9(11(18)19)5-8-6-13-7-14-8/h6-7,9H,3-5H2,1-2H3,(H,13,14)(H,15,20)(H,18,19)/t9-/m1/s1. The lowest BCUT2D eigenvalue weighted by molar-refractivity contribution is -0.141. The summed E-state index contributed by atoms with van der Waals surface area (Å²) in [6.45, 7) is 0.134. The molecule has 9 nitrogen and oxygen atoms in total. The van der Waals surface area contributed by atoms with Crippen molar-refractivity contribution >= 4 is 18.0 Å². The van der Waals surface area contributed by atoms with Gasteiger partial charge in [-0.2, -0.15) is 0 Å². The zero-order chi connectivity index (χ0) is 15.8. The molecule has 0 aliphatic rings. The maximum absolute atomic E-state index is 11.9. The highest BCUT2D eigenvalue weighted by molar-refractivity contribution is 5.83. The minimum absolute atomic E-state index is 0.0404. The fourth-order valence-corrected chi connectivity index (χ4v) is 1.54. The highest BCUT2D eigenvalue weighted by atomic mass is 16.5. The Morgan fingerprint density at radius 2 is 2.24 bits per heavy atom. The third kappa shape index (κ3) is 5.51. The first-order valence-electron chi connectivity index (χ1n) is 6.22. The molecule has 0 unspecified atom stereocenters. The summed E-state index contributed by atoms with van der Waals surface area (Å²) in [5.74, 6) is -1.60. The van der Waals surface area contributed by atoms with E-state index in [0.717, 1.165) is 0 Å². The minimum Gasteiger partial charge on any atom is -0.480 e. The Hall–Kier alpha value is -2.58. The molecule has 0 radical (unpaired) electrons. The van der Waals surface area contributed by atoms with Gasteiger partial charge in [-0.1, -0.05) is 0 Å². The number of esters is 1. The van der Waals surface area contributed by atoms with Crippen molar-refractivity contribution in [2.45, 2.75) is 18.9 Å². The predicted molar refractivity (Wildman–Crippen MR) is 71.5 cm³/mol. The first kappa shape index (κ1) is 16.5. The first-order chi connectivity index (χ1) is 9.93. The average Bonchev–Trinajstić information content (AvgIpc) is 2.96. The van der Waals surface area contributed by atoms with Gasteiger partial charge in [0.1, 0.15) is 6.04 Å². The fraction of sp³-hybridized carbons (Fsp3) is 0.500. The monoisotopic (exact) mass is 298 g/mol. The molecule has 0 aliphatic heterocycles. The van der Waals surface area contributed by atoms with Crippen LogP contribution in [0.2, 0.25) is 0 Å². The van der Waals surface area contributed by atoms with E-state index in [4.69, 9.17) is 5.11 Å². The quantitative estimate of drug-likeness (QED) is 0.589. The lowest BCUT2D eigenvalue weighted by Gasteiger charge is -2.20. The van der Waals surface area contributed by atoms with Crippen molar-refractivity contribution in [2.75, 3.05) is 20.7 Å². The number of carbonyl (C=O) groups excluding carboxylic acids is 2. The smallest absolute Gasteiger partial charge is 0.326 e. The van der Waals surface area contributed by atoms with Crippen LogP contribution in [-0.4, -0.2) is 64.7 Å². The number of H-pyrrole nitrogens is 1. The van der Waals surface area contributed by atoms with Crippen molar-refractivity contribution in [1.82, 2.24) is 20.2 Å². The number of rotatable bonds is 7. The zero-order valence-electron chi connectivity index (χ0n) is 11.8. The molecule has 21 heavy (non-hydrogen) atoms. The second-order valence-corrected chi connectivity index (χ2v) is 4.37. The summed E-state index contributed by atoms with van der Waals surface area (Å²) in [6, 6.07) is -1.66. The Morgan fingerprint density at radius 1 is 1.52 bits per heavy atom. The fourth-order valence-electron chi connectivity index (χ4n) is 1.54. The summed E-state index contributed by atoms with van der Waals surface area (Å²) in [5, 5.41) is 11.5.